The van der Waals surface area contributed by atoms with Crippen molar-refractivity contribution >= 4 is 23.6 Å². The number of methoxy groups -OCH3 is 1. The van der Waals surface area contributed by atoms with E-state index in [1.54, 1.807) is 11.8 Å². The minimum Gasteiger partial charge on any atom is -0.469 e. The third kappa shape index (κ3) is 5.40. The molecule has 0 radical (unpaired) electrons. The van der Waals surface area contributed by atoms with Crippen molar-refractivity contribution in [2.45, 2.75) is 31.4 Å². The highest BCUT2D eigenvalue weighted by Crippen LogP contribution is 2.20. The summed E-state index contributed by atoms with van der Waals surface area (Å²) in [7, 11) is 1.41. The quantitative estimate of drug-likeness (QED) is 0.734. The second-order valence-electron chi connectivity index (χ2n) is 4.88. The van der Waals surface area contributed by atoms with E-state index >= 15 is 0 Å². The topological polar surface area (TPSA) is 72.6 Å². The number of nitrogens with two attached hydrogens (primary N) is 1. The first-order valence-corrected chi connectivity index (χ1v) is 7.80. The molecular formula is C13H24N2O3S. The van der Waals surface area contributed by atoms with Crippen LogP contribution in [0, 0.1) is 5.92 Å². The lowest BCUT2D eigenvalue weighted by Crippen LogP contribution is -2.41. The van der Waals surface area contributed by atoms with E-state index in [1.165, 1.54) is 7.11 Å². The van der Waals surface area contributed by atoms with E-state index in [4.69, 9.17) is 10.5 Å². The number of nitrogens with zero attached hydrogens (tertiary/aromatic N) is 1. The lowest BCUT2D eigenvalue weighted by Gasteiger charge is -2.30. The van der Waals surface area contributed by atoms with Crippen LogP contribution in [-0.4, -0.2) is 54.5 Å². The molecule has 1 saturated heterocycles. The molecule has 1 unspecified atom stereocenters. The van der Waals surface area contributed by atoms with Gasteiger partial charge in [-0.2, -0.15) is 0 Å². The Morgan fingerprint density at radius 3 is 2.58 bits per heavy atom. The summed E-state index contributed by atoms with van der Waals surface area (Å²) in [6.07, 6.45) is 2.35. The fraction of sp³-hybridized carbons (Fsp3) is 0.846. The lowest BCUT2D eigenvalue weighted by molar-refractivity contribution is -0.148. The van der Waals surface area contributed by atoms with Crippen LogP contribution in [0.2, 0.25) is 0 Å². The molecule has 1 rings (SSSR count). The van der Waals surface area contributed by atoms with Gasteiger partial charge >= 0.3 is 5.97 Å². The zero-order valence-electron chi connectivity index (χ0n) is 11.8. The summed E-state index contributed by atoms with van der Waals surface area (Å²) in [4.78, 5) is 25.2. The van der Waals surface area contributed by atoms with Gasteiger partial charge in [-0.25, -0.2) is 0 Å². The van der Waals surface area contributed by atoms with Gasteiger partial charge in [-0.15, -0.1) is 11.8 Å². The second kappa shape index (κ2) is 8.43. The van der Waals surface area contributed by atoms with Crippen LogP contribution in [0.3, 0.4) is 0 Å². The highest BCUT2D eigenvalue weighted by atomic mass is 32.2. The number of piperidine rings is 1. The van der Waals surface area contributed by atoms with Gasteiger partial charge in [0, 0.05) is 18.3 Å². The van der Waals surface area contributed by atoms with Gasteiger partial charge in [0.05, 0.1) is 18.8 Å². The van der Waals surface area contributed by atoms with Crippen LogP contribution in [-0.2, 0) is 14.3 Å². The maximum absolute atomic E-state index is 12.0. The number of thioether (sulfide) groups is 1. The Kier molecular flexibility index (Phi) is 7.23. The van der Waals surface area contributed by atoms with Crippen LogP contribution in [0.4, 0.5) is 0 Å². The molecule has 19 heavy (non-hydrogen) atoms. The standard InChI is InChI=1S/C13H24N2O3S/c1-10(3-6-14)19-9-12(16)15-7-4-11(5-8-15)13(17)18-2/h10-11H,3-9,14H2,1-2H3. The molecule has 1 aliphatic heterocycles. The van der Waals surface area contributed by atoms with Crippen molar-refractivity contribution in [1.29, 1.82) is 0 Å². The summed E-state index contributed by atoms with van der Waals surface area (Å²) >= 11 is 1.65. The predicted octanol–water partition coefficient (Wildman–Crippen LogP) is 0.869. The first kappa shape index (κ1) is 16.3. The zero-order chi connectivity index (χ0) is 14.3. The van der Waals surface area contributed by atoms with E-state index in [-0.39, 0.29) is 17.8 Å². The van der Waals surface area contributed by atoms with Gasteiger partial charge in [0.2, 0.25) is 5.91 Å². The number of ether oxygens (including phenoxy) is 1. The van der Waals surface area contributed by atoms with Crippen LogP contribution < -0.4 is 5.73 Å². The predicted molar refractivity (Wildman–Crippen MR) is 76.9 cm³/mol. The summed E-state index contributed by atoms with van der Waals surface area (Å²) in [6.45, 7) is 4.07. The number of carbonyl (C=O) groups excluding carboxylic acids is 2. The van der Waals surface area contributed by atoms with Crippen molar-refractivity contribution in [3.05, 3.63) is 0 Å². The maximum atomic E-state index is 12.0. The minimum atomic E-state index is -0.155. The van der Waals surface area contributed by atoms with E-state index < -0.39 is 0 Å². The molecule has 1 atom stereocenters. The third-order valence-corrected chi connectivity index (χ3v) is 4.67. The molecule has 2 N–H and O–H groups in total. The van der Waals surface area contributed by atoms with Crippen molar-refractivity contribution in [3.63, 3.8) is 0 Å². The minimum absolute atomic E-state index is 0.0436. The Morgan fingerprint density at radius 2 is 2.05 bits per heavy atom. The number of hydrogen-bond acceptors (Lipinski definition) is 5. The monoisotopic (exact) mass is 288 g/mol. The van der Waals surface area contributed by atoms with E-state index in [2.05, 4.69) is 6.92 Å². The average molecular weight is 288 g/mol. The molecule has 1 amide bonds. The SMILES string of the molecule is COC(=O)C1CCN(C(=O)CSC(C)CCN)CC1. The molecule has 0 spiro atoms. The van der Waals surface area contributed by atoms with Crippen molar-refractivity contribution in [2.75, 3.05) is 32.5 Å². The van der Waals surface area contributed by atoms with Gasteiger partial charge in [0.1, 0.15) is 0 Å². The van der Waals surface area contributed by atoms with Gasteiger partial charge < -0.3 is 15.4 Å². The second-order valence-corrected chi connectivity index (χ2v) is 6.30. The molecule has 0 aromatic heterocycles. The molecule has 1 fully saturated rings. The largest absolute Gasteiger partial charge is 0.469 e. The summed E-state index contributed by atoms with van der Waals surface area (Å²) in [5.41, 5.74) is 5.48. The molecule has 0 aromatic rings. The van der Waals surface area contributed by atoms with Crippen molar-refractivity contribution < 1.29 is 14.3 Å². The Balaban J connectivity index is 2.27. The third-order valence-electron chi connectivity index (χ3n) is 3.45. The van der Waals surface area contributed by atoms with Crippen LogP contribution >= 0.6 is 11.8 Å². The molecule has 110 valence electrons. The van der Waals surface area contributed by atoms with E-state index in [9.17, 15) is 9.59 Å². The first-order chi connectivity index (χ1) is 9.08. The number of hydrogen-bond donors (Lipinski definition) is 1. The first-order valence-electron chi connectivity index (χ1n) is 6.75. The molecular weight excluding hydrogens is 264 g/mol. The van der Waals surface area contributed by atoms with Gasteiger partial charge in [0.25, 0.3) is 0 Å². The Hall–Kier alpha value is -0.750. The molecule has 0 bridgehead atoms. The van der Waals surface area contributed by atoms with E-state index in [1.807, 2.05) is 4.90 Å². The normalized spacial score (nSPS) is 18.2. The highest BCUT2D eigenvalue weighted by Gasteiger charge is 2.27. The number of amides is 1. The molecule has 0 aromatic carbocycles. The van der Waals surface area contributed by atoms with Crippen molar-refractivity contribution in [3.8, 4) is 0 Å². The molecule has 6 heteroatoms. The zero-order valence-corrected chi connectivity index (χ0v) is 12.6. The molecule has 0 aliphatic carbocycles. The van der Waals surface area contributed by atoms with Gasteiger partial charge in [-0.05, 0) is 25.8 Å². The van der Waals surface area contributed by atoms with Crippen LogP contribution in [0.15, 0.2) is 0 Å². The number of rotatable bonds is 6. The van der Waals surface area contributed by atoms with Crippen molar-refractivity contribution in [2.24, 2.45) is 11.7 Å². The molecule has 5 nitrogen and oxygen atoms in total. The Bertz CT molecular complexity index is 304. The number of esters is 1. The fourth-order valence-electron chi connectivity index (χ4n) is 2.15. The van der Waals surface area contributed by atoms with E-state index in [0.29, 0.717) is 43.5 Å². The molecule has 1 aliphatic rings. The summed E-state index contributed by atoms with van der Waals surface area (Å²) in [5, 5.41) is 0.418. The Labute approximate surface area is 119 Å². The number of likely N-dealkylation sites (tertiary alicyclic amines) is 1. The summed E-state index contributed by atoms with van der Waals surface area (Å²) in [6, 6.07) is 0. The van der Waals surface area contributed by atoms with E-state index in [0.717, 1.165) is 6.42 Å². The summed E-state index contributed by atoms with van der Waals surface area (Å²) in [5.74, 6) is 0.470. The smallest absolute Gasteiger partial charge is 0.308 e. The van der Waals surface area contributed by atoms with Crippen LogP contribution in [0.1, 0.15) is 26.2 Å². The summed E-state index contributed by atoms with van der Waals surface area (Å²) < 4.78 is 4.73. The maximum Gasteiger partial charge on any atom is 0.308 e. The van der Waals surface area contributed by atoms with Gasteiger partial charge in [-0.3, -0.25) is 9.59 Å². The Morgan fingerprint density at radius 1 is 1.42 bits per heavy atom. The fourth-order valence-corrected chi connectivity index (χ4v) is 3.07. The lowest BCUT2D eigenvalue weighted by atomic mass is 9.97. The molecule has 1 heterocycles. The van der Waals surface area contributed by atoms with Gasteiger partial charge in [-0.1, -0.05) is 6.92 Å². The number of carbonyl (C=O) groups is 2. The van der Waals surface area contributed by atoms with Crippen LogP contribution in [0.5, 0.6) is 0 Å². The van der Waals surface area contributed by atoms with Gasteiger partial charge in [0.15, 0.2) is 0 Å². The van der Waals surface area contributed by atoms with Crippen molar-refractivity contribution in [1.82, 2.24) is 4.90 Å². The molecule has 0 saturated carbocycles. The average Bonchev–Trinajstić information content (AvgIpc) is 2.44. The highest BCUT2D eigenvalue weighted by molar-refractivity contribution is 8.00. The van der Waals surface area contributed by atoms with Crippen LogP contribution in [0.25, 0.3) is 0 Å².